The molecule has 4 aliphatic carbocycles. The molecule has 0 aromatic rings. The summed E-state index contributed by atoms with van der Waals surface area (Å²) >= 11 is 0. The molecule has 0 radical (unpaired) electrons. The van der Waals surface area contributed by atoms with Gasteiger partial charge in [-0.05, 0) is 92.3 Å². The summed E-state index contributed by atoms with van der Waals surface area (Å²) in [6.07, 6.45) is 17.2. The standard InChI is InChI=1S/C22H39N/c1-4-6-16-8-13-21(3)17(15-16)9-14-22(23)18-7-5-11-20(18,2)12-10-19(21)22/h16-19H,4-15,23H2,1-3H3. The summed E-state index contributed by atoms with van der Waals surface area (Å²) in [6, 6.07) is 0. The zero-order valence-corrected chi connectivity index (χ0v) is 15.9. The van der Waals surface area contributed by atoms with E-state index in [9.17, 15) is 0 Å². The van der Waals surface area contributed by atoms with Gasteiger partial charge >= 0.3 is 0 Å². The van der Waals surface area contributed by atoms with Crippen molar-refractivity contribution in [2.75, 3.05) is 0 Å². The summed E-state index contributed by atoms with van der Waals surface area (Å²) in [7, 11) is 0. The zero-order valence-electron chi connectivity index (χ0n) is 15.9. The van der Waals surface area contributed by atoms with Crippen LogP contribution in [0.5, 0.6) is 0 Å². The van der Waals surface area contributed by atoms with Crippen molar-refractivity contribution in [2.24, 2.45) is 40.2 Å². The zero-order chi connectivity index (χ0) is 16.3. The molecule has 1 heteroatoms. The smallest absolute Gasteiger partial charge is 0.0222 e. The lowest BCUT2D eigenvalue weighted by molar-refractivity contribution is -0.126. The minimum Gasteiger partial charge on any atom is -0.325 e. The van der Waals surface area contributed by atoms with Gasteiger partial charge in [-0.2, -0.15) is 0 Å². The van der Waals surface area contributed by atoms with Gasteiger partial charge in [0.05, 0.1) is 0 Å². The third-order valence-electron chi connectivity index (χ3n) is 9.44. The van der Waals surface area contributed by atoms with Crippen molar-refractivity contribution in [1.82, 2.24) is 0 Å². The van der Waals surface area contributed by atoms with Gasteiger partial charge in [-0.1, -0.05) is 40.0 Å². The largest absolute Gasteiger partial charge is 0.325 e. The van der Waals surface area contributed by atoms with Crippen LogP contribution in [0.1, 0.15) is 97.8 Å². The number of hydrogen-bond acceptors (Lipinski definition) is 1. The Morgan fingerprint density at radius 1 is 0.913 bits per heavy atom. The predicted molar refractivity (Wildman–Crippen MR) is 98.2 cm³/mol. The first-order valence-corrected chi connectivity index (χ1v) is 10.7. The molecular formula is C22H39N. The Labute approximate surface area is 144 Å². The van der Waals surface area contributed by atoms with Gasteiger partial charge in [-0.15, -0.1) is 0 Å². The van der Waals surface area contributed by atoms with Crippen molar-refractivity contribution in [3.63, 3.8) is 0 Å². The molecule has 0 saturated heterocycles. The summed E-state index contributed by atoms with van der Waals surface area (Å²) in [6.45, 7) is 7.59. The van der Waals surface area contributed by atoms with E-state index < -0.39 is 0 Å². The maximum Gasteiger partial charge on any atom is 0.0222 e. The summed E-state index contributed by atoms with van der Waals surface area (Å²) in [5.41, 5.74) is 8.63. The molecule has 0 amide bonds. The van der Waals surface area contributed by atoms with Crippen LogP contribution in [-0.2, 0) is 0 Å². The lowest BCUT2D eigenvalue weighted by atomic mass is 9.42. The first-order chi connectivity index (χ1) is 10.9. The Morgan fingerprint density at radius 3 is 2.52 bits per heavy atom. The van der Waals surface area contributed by atoms with E-state index in [0.717, 1.165) is 23.7 Å². The quantitative estimate of drug-likeness (QED) is 0.672. The molecule has 0 aromatic carbocycles. The normalized spacial score (nSPS) is 55.8. The van der Waals surface area contributed by atoms with Crippen LogP contribution in [0.4, 0.5) is 0 Å². The fourth-order valence-electron chi connectivity index (χ4n) is 8.24. The molecule has 4 rings (SSSR count). The van der Waals surface area contributed by atoms with Crippen molar-refractivity contribution in [3.8, 4) is 0 Å². The molecule has 132 valence electrons. The van der Waals surface area contributed by atoms with Crippen LogP contribution in [-0.4, -0.2) is 5.54 Å². The summed E-state index contributed by atoms with van der Waals surface area (Å²) < 4.78 is 0. The average Bonchev–Trinajstić information content (AvgIpc) is 2.91. The number of rotatable bonds is 2. The molecule has 4 aliphatic rings. The lowest BCUT2D eigenvalue weighted by Crippen LogP contribution is -2.67. The van der Waals surface area contributed by atoms with Crippen LogP contribution in [0.2, 0.25) is 0 Å². The van der Waals surface area contributed by atoms with E-state index in [1.54, 1.807) is 0 Å². The van der Waals surface area contributed by atoms with E-state index >= 15 is 0 Å². The van der Waals surface area contributed by atoms with Crippen molar-refractivity contribution in [3.05, 3.63) is 0 Å². The minimum absolute atomic E-state index is 0.173. The highest BCUT2D eigenvalue weighted by Crippen LogP contribution is 2.67. The number of nitrogens with two attached hydrogens (primary N) is 1. The van der Waals surface area contributed by atoms with Gasteiger partial charge in [0.1, 0.15) is 0 Å². The Balaban J connectivity index is 1.60. The molecule has 0 aliphatic heterocycles. The molecule has 0 heterocycles. The lowest BCUT2D eigenvalue weighted by Gasteiger charge is -2.65. The summed E-state index contributed by atoms with van der Waals surface area (Å²) in [5.74, 6) is 3.62. The van der Waals surface area contributed by atoms with Crippen LogP contribution in [0.15, 0.2) is 0 Å². The molecule has 4 saturated carbocycles. The Hall–Kier alpha value is -0.0400. The molecule has 23 heavy (non-hydrogen) atoms. The van der Waals surface area contributed by atoms with Gasteiger partial charge < -0.3 is 5.73 Å². The maximum atomic E-state index is 7.32. The second kappa shape index (κ2) is 5.48. The highest BCUT2D eigenvalue weighted by Gasteiger charge is 2.63. The second-order valence-corrected chi connectivity index (χ2v) is 10.5. The van der Waals surface area contributed by atoms with E-state index in [1.165, 1.54) is 77.0 Å². The molecule has 7 unspecified atom stereocenters. The topological polar surface area (TPSA) is 26.0 Å². The van der Waals surface area contributed by atoms with Gasteiger partial charge in [0.15, 0.2) is 0 Å². The highest BCUT2D eigenvalue weighted by molar-refractivity contribution is 5.16. The van der Waals surface area contributed by atoms with Crippen LogP contribution < -0.4 is 5.73 Å². The van der Waals surface area contributed by atoms with Crippen LogP contribution >= 0.6 is 0 Å². The van der Waals surface area contributed by atoms with Crippen molar-refractivity contribution in [2.45, 2.75) is 103 Å². The third kappa shape index (κ3) is 2.28. The molecule has 0 spiro atoms. The van der Waals surface area contributed by atoms with Gasteiger partial charge in [0.25, 0.3) is 0 Å². The van der Waals surface area contributed by atoms with E-state index in [-0.39, 0.29) is 5.54 Å². The van der Waals surface area contributed by atoms with E-state index in [0.29, 0.717) is 10.8 Å². The molecular weight excluding hydrogens is 278 g/mol. The highest BCUT2D eigenvalue weighted by atomic mass is 14.9. The number of fused-ring (bicyclic) bond motifs is 5. The molecule has 4 fully saturated rings. The predicted octanol–water partition coefficient (Wildman–Crippen LogP) is 5.92. The van der Waals surface area contributed by atoms with Gasteiger partial charge in [0, 0.05) is 5.54 Å². The number of hydrogen-bond donors (Lipinski definition) is 1. The molecule has 0 aromatic heterocycles. The summed E-state index contributed by atoms with van der Waals surface area (Å²) in [5, 5.41) is 0. The molecule has 7 atom stereocenters. The third-order valence-corrected chi connectivity index (χ3v) is 9.44. The van der Waals surface area contributed by atoms with E-state index in [2.05, 4.69) is 20.8 Å². The Morgan fingerprint density at radius 2 is 1.74 bits per heavy atom. The summed E-state index contributed by atoms with van der Waals surface area (Å²) in [4.78, 5) is 0. The Kier molecular flexibility index (Phi) is 3.91. The monoisotopic (exact) mass is 317 g/mol. The second-order valence-electron chi connectivity index (χ2n) is 10.5. The molecule has 0 bridgehead atoms. The Bertz CT molecular complexity index is 459. The SMILES string of the molecule is CCCC1CCC2(C)C(CCC3(N)C4CCCC4(C)CCC23)C1. The first kappa shape index (κ1) is 16.4. The minimum atomic E-state index is 0.173. The first-order valence-electron chi connectivity index (χ1n) is 10.7. The van der Waals surface area contributed by atoms with Crippen LogP contribution in [0.25, 0.3) is 0 Å². The van der Waals surface area contributed by atoms with Crippen LogP contribution in [0.3, 0.4) is 0 Å². The van der Waals surface area contributed by atoms with Crippen LogP contribution in [0, 0.1) is 34.5 Å². The average molecular weight is 318 g/mol. The fraction of sp³-hybridized carbons (Fsp3) is 1.00. The molecule has 1 nitrogen and oxygen atoms in total. The maximum absolute atomic E-state index is 7.32. The van der Waals surface area contributed by atoms with Crippen molar-refractivity contribution in [1.29, 1.82) is 0 Å². The van der Waals surface area contributed by atoms with E-state index in [1.807, 2.05) is 0 Å². The molecule has 2 N–H and O–H groups in total. The van der Waals surface area contributed by atoms with Gasteiger partial charge in [-0.3, -0.25) is 0 Å². The van der Waals surface area contributed by atoms with Crippen molar-refractivity contribution >= 4 is 0 Å². The van der Waals surface area contributed by atoms with Crippen molar-refractivity contribution < 1.29 is 0 Å². The van der Waals surface area contributed by atoms with Gasteiger partial charge in [0.2, 0.25) is 0 Å². The fourth-order valence-corrected chi connectivity index (χ4v) is 8.24. The van der Waals surface area contributed by atoms with E-state index in [4.69, 9.17) is 5.73 Å². The van der Waals surface area contributed by atoms with Gasteiger partial charge in [-0.25, -0.2) is 0 Å².